The number of rotatable bonds is 3. The molecule has 0 fully saturated rings. The van der Waals surface area contributed by atoms with Gasteiger partial charge >= 0.3 is 0 Å². The van der Waals surface area contributed by atoms with Crippen molar-refractivity contribution in [3.63, 3.8) is 0 Å². The molecule has 0 spiro atoms. The van der Waals surface area contributed by atoms with Crippen molar-refractivity contribution >= 4 is 22.3 Å². The van der Waals surface area contributed by atoms with Gasteiger partial charge < -0.3 is 11.1 Å². The second-order valence-electron chi connectivity index (χ2n) is 3.52. The summed E-state index contributed by atoms with van der Waals surface area (Å²) >= 11 is 0. The van der Waals surface area contributed by atoms with Crippen LogP contribution in [0.3, 0.4) is 0 Å². The zero-order valence-electron chi connectivity index (χ0n) is 8.83. The molecule has 1 heterocycles. The molecule has 3 heteroatoms. The number of nitrogens with two attached hydrogens (primary N) is 1. The van der Waals surface area contributed by atoms with E-state index in [9.17, 15) is 0 Å². The Morgan fingerprint density at radius 1 is 1.33 bits per heavy atom. The van der Waals surface area contributed by atoms with E-state index < -0.39 is 0 Å². The highest BCUT2D eigenvalue weighted by Crippen LogP contribution is 2.27. The molecule has 1 aromatic carbocycles. The summed E-state index contributed by atoms with van der Waals surface area (Å²) in [4.78, 5) is 4.26. The number of hydrogen-bond donors (Lipinski definition) is 2. The first kappa shape index (κ1) is 9.77. The minimum atomic E-state index is 0.786. The van der Waals surface area contributed by atoms with E-state index in [2.05, 4.69) is 17.2 Å². The van der Waals surface area contributed by atoms with E-state index in [-0.39, 0.29) is 0 Å². The van der Waals surface area contributed by atoms with E-state index in [4.69, 9.17) is 5.73 Å². The largest absolute Gasteiger partial charge is 0.397 e. The van der Waals surface area contributed by atoms with Gasteiger partial charge in [0.05, 0.1) is 16.9 Å². The lowest BCUT2D eigenvalue weighted by Crippen LogP contribution is -2.03. The van der Waals surface area contributed by atoms with Crippen LogP contribution in [0.2, 0.25) is 0 Å². The lowest BCUT2D eigenvalue weighted by Gasteiger charge is -2.10. The molecular formula is C12H15N3. The Hall–Kier alpha value is -1.77. The van der Waals surface area contributed by atoms with Crippen molar-refractivity contribution in [2.75, 3.05) is 17.6 Å². The van der Waals surface area contributed by atoms with E-state index >= 15 is 0 Å². The van der Waals surface area contributed by atoms with Crippen molar-refractivity contribution in [3.05, 3.63) is 30.5 Å². The third kappa shape index (κ3) is 1.86. The molecule has 2 aromatic rings. The summed E-state index contributed by atoms with van der Waals surface area (Å²) in [6.45, 7) is 3.07. The molecule has 0 amide bonds. The maximum atomic E-state index is 6.06. The Morgan fingerprint density at radius 2 is 2.20 bits per heavy atom. The lowest BCUT2D eigenvalue weighted by molar-refractivity contribution is 0.980. The molecule has 0 atom stereocenters. The molecule has 2 rings (SSSR count). The van der Waals surface area contributed by atoms with Crippen LogP contribution < -0.4 is 11.1 Å². The summed E-state index contributed by atoms with van der Waals surface area (Å²) in [5.74, 6) is 0. The third-order valence-electron chi connectivity index (χ3n) is 2.39. The second kappa shape index (κ2) is 4.17. The average molecular weight is 201 g/mol. The predicted octanol–water partition coefficient (Wildman–Crippen LogP) is 2.64. The van der Waals surface area contributed by atoms with Crippen LogP contribution >= 0.6 is 0 Å². The Balaban J connectivity index is 2.45. The highest BCUT2D eigenvalue weighted by molar-refractivity contribution is 5.96. The molecule has 15 heavy (non-hydrogen) atoms. The first-order valence-corrected chi connectivity index (χ1v) is 5.20. The fourth-order valence-electron chi connectivity index (χ4n) is 1.59. The minimum Gasteiger partial charge on any atom is -0.397 e. The van der Waals surface area contributed by atoms with Crippen LogP contribution in [0.5, 0.6) is 0 Å². The number of nitrogen functional groups attached to an aromatic ring is 1. The first-order chi connectivity index (χ1) is 7.33. The van der Waals surface area contributed by atoms with Crippen LogP contribution in [0, 0.1) is 0 Å². The van der Waals surface area contributed by atoms with Crippen LogP contribution in [0.15, 0.2) is 30.5 Å². The molecule has 3 N–H and O–H groups in total. The molecule has 0 saturated carbocycles. The van der Waals surface area contributed by atoms with Crippen molar-refractivity contribution in [2.45, 2.75) is 13.3 Å². The summed E-state index contributed by atoms with van der Waals surface area (Å²) in [7, 11) is 0. The van der Waals surface area contributed by atoms with Crippen molar-refractivity contribution in [1.82, 2.24) is 4.98 Å². The van der Waals surface area contributed by atoms with Gasteiger partial charge in [-0.1, -0.05) is 6.92 Å². The van der Waals surface area contributed by atoms with Crippen molar-refractivity contribution in [3.8, 4) is 0 Å². The van der Waals surface area contributed by atoms with E-state index in [1.54, 1.807) is 6.20 Å². The Bertz CT molecular complexity index is 465. The number of hydrogen-bond acceptors (Lipinski definition) is 3. The van der Waals surface area contributed by atoms with Gasteiger partial charge in [0, 0.05) is 18.1 Å². The molecule has 1 aromatic heterocycles. The number of anilines is 2. The summed E-state index contributed by atoms with van der Waals surface area (Å²) < 4.78 is 0. The topological polar surface area (TPSA) is 50.9 Å². The summed E-state index contributed by atoms with van der Waals surface area (Å²) in [6, 6.07) is 7.88. The van der Waals surface area contributed by atoms with Crippen molar-refractivity contribution in [1.29, 1.82) is 0 Å². The maximum Gasteiger partial charge on any atom is 0.0724 e. The predicted molar refractivity (Wildman–Crippen MR) is 64.9 cm³/mol. The Kier molecular flexibility index (Phi) is 2.72. The van der Waals surface area contributed by atoms with E-state index in [0.717, 1.165) is 35.2 Å². The van der Waals surface area contributed by atoms with E-state index in [1.165, 1.54) is 0 Å². The fourth-order valence-corrected chi connectivity index (χ4v) is 1.59. The zero-order valence-corrected chi connectivity index (χ0v) is 8.83. The maximum absolute atomic E-state index is 6.06. The Morgan fingerprint density at radius 3 is 3.00 bits per heavy atom. The van der Waals surface area contributed by atoms with Gasteiger partial charge in [0.2, 0.25) is 0 Å². The summed E-state index contributed by atoms with van der Waals surface area (Å²) in [6.07, 6.45) is 2.87. The first-order valence-electron chi connectivity index (χ1n) is 5.20. The molecule has 0 aliphatic heterocycles. The number of benzene rings is 1. The van der Waals surface area contributed by atoms with Gasteiger partial charge in [-0.15, -0.1) is 0 Å². The molecule has 78 valence electrons. The molecular weight excluding hydrogens is 186 g/mol. The molecule has 0 unspecified atom stereocenters. The minimum absolute atomic E-state index is 0.786. The smallest absolute Gasteiger partial charge is 0.0724 e. The highest BCUT2D eigenvalue weighted by Gasteiger charge is 2.03. The Labute approximate surface area is 89.3 Å². The molecule has 0 bridgehead atoms. The normalized spacial score (nSPS) is 10.5. The average Bonchev–Trinajstić information content (AvgIpc) is 2.29. The fraction of sp³-hybridized carbons (Fsp3) is 0.250. The standard InChI is InChI=1S/C12H15N3/c1-2-7-14-11-6-5-10-9(12(11)13)4-3-8-15-10/h3-6,8,14H,2,7,13H2,1H3. The van der Waals surface area contributed by atoms with Crippen LogP contribution in [0.4, 0.5) is 11.4 Å². The van der Waals surface area contributed by atoms with Gasteiger partial charge in [0.1, 0.15) is 0 Å². The SMILES string of the molecule is CCCNc1ccc2ncccc2c1N. The quantitative estimate of drug-likeness (QED) is 0.750. The molecule has 0 aliphatic carbocycles. The lowest BCUT2D eigenvalue weighted by atomic mass is 10.1. The van der Waals surface area contributed by atoms with Gasteiger partial charge in [0.15, 0.2) is 0 Å². The van der Waals surface area contributed by atoms with Crippen LogP contribution in [-0.4, -0.2) is 11.5 Å². The molecule has 0 saturated heterocycles. The number of aromatic nitrogens is 1. The number of nitrogens with zero attached hydrogens (tertiary/aromatic N) is 1. The zero-order chi connectivity index (χ0) is 10.7. The van der Waals surface area contributed by atoms with E-state index in [1.807, 2.05) is 24.3 Å². The monoisotopic (exact) mass is 201 g/mol. The van der Waals surface area contributed by atoms with Crippen LogP contribution in [-0.2, 0) is 0 Å². The van der Waals surface area contributed by atoms with E-state index in [0.29, 0.717) is 0 Å². The molecule has 0 radical (unpaired) electrons. The number of nitrogens with one attached hydrogen (secondary N) is 1. The van der Waals surface area contributed by atoms with Crippen molar-refractivity contribution < 1.29 is 0 Å². The van der Waals surface area contributed by atoms with Gasteiger partial charge in [-0.2, -0.15) is 0 Å². The summed E-state index contributed by atoms with van der Waals surface area (Å²) in [5.41, 5.74) is 8.78. The highest BCUT2D eigenvalue weighted by atomic mass is 14.9. The third-order valence-corrected chi connectivity index (χ3v) is 2.39. The van der Waals surface area contributed by atoms with Gasteiger partial charge in [0.25, 0.3) is 0 Å². The van der Waals surface area contributed by atoms with Gasteiger partial charge in [-0.3, -0.25) is 4.98 Å². The van der Waals surface area contributed by atoms with Crippen LogP contribution in [0.1, 0.15) is 13.3 Å². The molecule has 3 nitrogen and oxygen atoms in total. The van der Waals surface area contributed by atoms with Crippen LogP contribution in [0.25, 0.3) is 10.9 Å². The summed E-state index contributed by atoms with van der Waals surface area (Å²) in [5, 5.41) is 4.31. The molecule has 0 aliphatic rings. The van der Waals surface area contributed by atoms with Gasteiger partial charge in [-0.25, -0.2) is 0 Å². The number of fused-ring (bicyclic) bond motifs is 1. The second-order valence-corrected chi connectivity index (χ2v) is 3.52. The number of pyridine rings is 1. The van der Waals surface area contributed by atoms with Crippen molar-refractivity contribution in [2.24, 2.45) is 0 Å². The van der Waals surface area contributed by atoms with Gasteiger partial charge in [-0.05, 0) is 30.7 Å².